The van der Waals surface area contributed by atoms with Crippen LogP contribution in [0.3, 0.4) is 0 Å². The molecule has 4 aromatic heterocycles. The summed E-state index contributed by atoms with van der Waals surface area (Å²) < 4.78 is 42.7. The van der Waals surface area contributed by atoms with Gasteiger partial charge in [-0.3, -0.25) is 28.0 Å². The smallest absolute Gasteiger partial charge is 0.388 e. The molecule has 6 heterocycles. The number of nitrogen functional groups attached to an aromatic ring is 2. The number of imidazole rings is 2. The summed E-state index contributed by atoms with van der Waals surface area (Å²) in [5.41, 5.74) is 11.2. The van der Waals surface area contributed by atoms with Gasteiger partial charge >= 0.3 is 7.82 Å². The molecule has 2 aliphatic rings. The van der Waals surface area contributed by atoms with Crippen LogP contribution in [0.25, 0.3) is 22.3 Å². The Kier molecular flexibility index (Phi) is 7.18. The third-order valence-corrected chi connectivity index (χ3v) is 7.67. The van der Waals surface area contributed by atoms with Gasteiger partial charge in [0.1, 0.15) is 24.7 Å². The maximum atomic E-state index is 12.8. The van der Waals surface area contributed by atoms with Gasteiger partial charge in [0.15, 0.2) is 35.1 Å². The molecule has 0 radical (unpaired) electrons. The Morgan fingerprint density at radius 3 is 2.61 bits per heavy atom. The number of anilines is 2. The lowest BCUT2D eigenvalue weighted by atomic mass is 9.95. The lowest BCUT2D eigenvalue weighted by Gasteiger charge is -2.25. The number of rotatable bonds is 2. The number of aliphatic hydroxyl groups excluding tert-OH is 2. The summed E-state index contributed by atoms with van der Waals surface area (Å²) >= 11 is 0. The number of phosphoric acid groups is 1. The van der Waals surface area contributed by atoms with E-state index in [2.05, 4.69) is 29.9 Å². The Labute approximate surface area is 228 Å². The van der Waals surface area contributed by atoms with Crippen LogP contribution in [0.4, 0.5) is 11.8 Å². The Hall–Kier alpha value is -3.59. The predicted molar refractivity (Wildman–Crippen MR) is 134 cm³/mol. The molecule has 21 heteroatoms. The molecule has 0 aromatic carbocycles. The fourth-order valence-corrected chi connectivity index (χ4v) is 5.58. The van der Waals surface area contributed by atoms with Crippen molar-refractivity contribution in [3.63, 3.8) is 0 Å². The SMILES string of the molecule is Nc1nc2c(ncn2[C@@H]2OCOCC[C@H]3[C@@H](O)[C@H](n4cnc5c(N)ncnc54)O[C@@H]3COP(=O)(O)O[C@@H]2O)c(=O)[nH]1. The van der Waals surface area contributed by atoms with E-state index in [1.807, 2.05) is 0 Å². The van der Waals surface area contributed by atoms with Crippen molar-refractivity contribution in [2.75, 3.05) is 31.5 Å². The third kappa shape index (κ3) is 5.16. The number of fused-ring (bicyclic) bond motifs is 3. The van der Waals surface area contributed by atoms with E-state index in [-0.39, 0.29) is 36.0 Å². The topological polar surface area (TPSA) is 283 Å². The van der Waals surface area contributed by atoms with Crippen molar-refractivity contribution in [1.29, 1.82) is 0 Å². The standard InChI is InChI=1S/C20H25N10O10P/c21-13-10-14(24-4-23-13)29(5-25-10)17-12(31)8-1-2-36-7-37-18(19(33)40-41(34,35)38-3-9(8)39-17)30-6-26-11-15(30)27-20(22)28-16(11)32/h4-6,8-9,12,17-19,31,33H,1-3,7H2,(H,34,35)(H2,21,23,24)(H3,22,27,28,32)/t8-,9-,12-,17-,18-,19+/m1/s1. The molecule has 2 fully saturated rings. The molecular weight excluding hydrogens is 571 g/mol. The highest BCUT2D eigenvalue weighted by Gasteiger charge is 2.46. The molecule has 7 atom stereocenters. The van der Waals surface area contributed by atoms with Gasteiger partial charge in [-0.1, -0.05) is 0 Å². The number of hydrogen-bond donors (Lipinski definition) is 6. The highest BCUT2D eigenvalue weighted by molar-refractivity contribution is 7.47. The largest absolute Gasteiger partial charge is 0.474 e. The lowest BCUT2D eigenvalue weighted by Crippen LogP contribution is -2.30. The average Bonchev–Trinajstić information content (AvgIpc) is 3.61. The van der Waals surface area contributed by atoms with E-state index < -0.39 is 63.7 Å². The van der Waals surface area contributed by atoms with E-state index in [9.17, 15) is 24.5 Å². The number of nitrogens with one attached hydrogen (secondary N) is 1. The Morgan fingerprint density at radius 1 is 1.05 bits per heavy atom. The van der Waals surface area contributed by atoms with Crippen LogP contribution in [0.5, 0.6) is 0 Å². The Balaban J connectivity index is 1.24. The average molecular weight is 596 g/mol. The van der Waals surface area contributed by atoms with Crippen LogP contribution in [0.15, 0.2) is 23.8 Å². The van der Waals surface area contributed by atoms with Gasteiger partial charge < -0.3 is 40.8 Å². The van der Waals surface area contributed by atoms with Crippen LogP contribution in [0, 0.1) is 5.92 Å². The normalized spacial score (nSPS) is 31.9. The first-order chi connectivity index (χ1) is 19.6. The lowest BCUT2D eigenvalue weighted by molar-refractivity contribution is -0.206. The van der Waals surface area contributed by atoms with Gasteiger partial charge in [0, 0.05) is 12.5 Å². The molecule has 0 amide bonds. The van der Waals surface area contributed by atoms with Gasteiger partial charge in [0.2, 0.25) is 12.2 Å². The van der Waals surface area contributed by atoms with Gasteiger partial charge in [-0.05, 0) is 6.42 Å². The molecule has 2 saturated heterocycles. The molecule has 0 aliphatic carbocycles. The number of aliphatic hydroxyl groups is 2. The van der Waals surface area contributed by atoms with E-state index in [1.165, 1.54) is 17.2 Å². The first-order valence-electron chi connectivity index (χ1n) is 12.1. The van der Waals surface area contributed by atoms with Crippen LogP contribution in [-0.2, 0) is 27.8 Å². The van der Waals surface area contributed by atoms with Crippen molar-refractivity contribution in [2.24, 2.45) is 5.92 Å². The van der Waals surface area contributed by atoms with Crippen molar-refractivity contribution >= 4 is 41.9 Å². The van der Waals surface area contributed by atoms with Crippen LogP contribution in [-0.4, -0.2) is 92.6 Å². The minimum absolute atomic E-state index is 0.0457. The number of aromatic amines is 1. The van der Waals surface area contributed by atoms with Gasteiger partial charge in [-0.2, -0.15) is 4.98 Å². The first-order valence-corrected chi connectivity index (χ1v) is 13.6. The molecule has 1 unspecified atom stereocenters. The molecule has 41 heavy (non-hydrogen) atoms. The Bertz CT molecular complexity index is 1680. The molecular formula is C20H25N10O10P. The number of ether oxygens (including phenoxy) is 3. The van der Waals surface area contributed by atoms with Crippen LogP contribution in [0.2, 0.25) is 0 Å². The zero-order chi connectivity index (χ0) is 28.9. The number of aromatic nitrogens is 8. The third-order valence-electron chi connectivity index (χ3n) is 6.71. The summed E-state index contributed by atoms with van der Waals surface area (Å²) in [6.45, 7) is -0.903. The molecule has 0 spiro atoms. The number of phosphoric ester groups is 1. The molecule has 2 aliphatic heterocycles. The molecule has 0 saturated carbocycles. The van der Waals surface area contributed by atoms with Crippen molar-refractivity contribution in [2.45, 2.75) is 37.4 Å². The second-order valence-corrected chi connectivity index (χ2v) is 10.6. The fourth-order valence-electron chi connectivity index (χ4n) is 4.81. The number of nitrogens with two attached hydrogens (primary N) is 2. The summed E-state index contributed by atoms with van der Waals surface area (Å²) in [6, 6.07) is 0. The predicted octanol–water partition coefficient (Wildman–Crippen LogP) is -1.66. The summed E-state index contributed by atoms with van der Waals surface area (Å²) in [6.07, 6.45) is -2.79. The second-order valence-electron chi connectivity index (χ2n) is 9.21. The minimum Gasteiger partial charge on any atom is -0.388 e. The molecule has 8 N–H and O–H groups in total. The maximum Gasteiger partial charge on any atom is 0.474 e. The van der Waals surface area contributed by atoms with Crippen molar-refractivity contribution in [3.05, 3.63) is 29.3 Å². The summed E-state index contributed by atoms with van der Waals surface area (Å²) in [4.78, 5) is 45.0. The van der Waals surface area contributed by atoms with Gasteiger partial charge in [-0.25, -0.2) is 24.5 Å². The van der Waals surface area contributed by atoms with E-state index in [1.54, 1.807) is 0 Å². The Morgan fingerprint density at radius 2 is 1.80 bits per heavy atom. The van der Waals surface area contributed by atoms with E-state index in [4.69, 9.17) is 34.7 Å². The van der Waals surface area contributed by atoms with Crippen molar-refractivity contribution in [3.8, 4) is 0 Å². The molecule has 0 bridgehead atoms. The number of nitrogens with zero attached hydrogens (tertiary/aromatic N) is 7. The van der Waals surface area contributed by atoms with Crippen LogP contribution >= 0.6 is 7.82 Å². The van der Waals surface area contributed by atoms with Crippen molar-refractivity contribution < 1.29 is 42.9 Å². The van der Waals surface area contributed by atoms with Crippen LogP contribution < -0.4 is 17.0 Å². The second kappa shape index (κ2) is 10.7. The van der Waals surface area contributed by atoms with E-state index >= 15 is 0 Å². The van der Waals surface area contributed by atoms with Crippen LogP contribution in [0.1, 0.15) is 18.9 Å². The summed E-state index contributed by atoms with van der Waals surface area (Å²) in [5, 5.41) is 21.9. The maximum absolute atomic E-state index is 12.8. The fraction of sp³-hybridized carbons (Fsp3) is 0.500. The molecule has 20 nitrogen and oxygen atoms in total. The minimum atomic E-state index is -4.96. The monoisotopic (exact) mass is 596 g/mol. The first kappa shape index (κ1) is 27.6. The molecule has 220 valence electrons. The van der Waals surface area contributed by atoms with Crippen molar-refractivity contribution in [1.82, 2.24) is 39.0 Å². The van der Waals surface area contributed by atoms with E-state index in [0.29, 0.717) is 11.2 Å². The summed E-state index contributed by atoms with van der Waals surface area (Å²) in [7, 11) is -4.96. The zero-order valence-electron chi connectivity index (χ0n) is 21.0. The molecule has 4 aromatic rings. The number of H-pyrrole nitrogens is 1. The highest BCUT2D eigenvalue weighted by Crippen LogP contribution is 2.48. The highest BCUT2D eigenvalue weighted by atomic mass is 31.2. The van der Waals surface area contributed by atoms with E-state index in [0.717, 1.165) is 10.9 Å². The number of hydrogen-bond acceptors (Lipinski definition) is 16. The van der Waals surface area contributed by atoms with Gasteiger partial charge in [0.25, 0.3) is 5.56 Å². The quantitative estimate of drug-likeness (QED) is 0.141. The zero-order valence-corrected chi connectivity index (χ0v) is 21.9. The summed E-state index contributed by atoms with van der Waals surface area (Å²) in [5.74, 6) is -0.736. The van der Waals surface area contributed by atoms with Gasteiger partial charge in [-0.15, -0.1) is 0 Å². The molecule has 6 rings (SSSR count). The van der Waals surface area contributed by atoms with Gasteiger partial charge in [0.05, 0.1) is 25.4 Å².